The summed E-state index contributed by atoms with van der Waals surface area (Å²) in [6, 6.07) is 2.76. The van der Waals surface area contributed by atoms with E-state index in [-0.39, 0.29) is 0 Å². The summed E-state index contributed by atoms with van der Waals surface area (Å²) in [6.45, 7) is 21.3. The van der Waals surface area contributed by atoms with Crippen LogP contribution in [0.25, 0.3) is 0 Å². The van der Waals surface area contributed by atoms with Gasteiger partial charge in [-0.2, -0.15) is 0 Å². The van der Waals surface area contributed by atoms with Crippen molar-refractivity contribution in [3.8, 4) is 0 Å². The van der Waals surface area contributed by atoms with E-state index in [2.05, 4.69) is 69.9 Å². The average molecular weight is 414 g/mol. The number of hydrogen-bond acceptors (Lipinski definition) is 2. The van der Waals surface area contributed by atoms with E-state index in [0.717, 1.165) is 0 Å². The molecular weight excluding hydrogens is 371 g/mol. The van der Waals surface area contributed by atoms with Crippen LogP contribution >= 0.6 is 0 Å². The Morgan fingerprint density at radius 1 is 0.591 bits per heavy atom. The average Bonchev–Trinajstić information content (AvgIpc) is 2.37. The summed E-state index contributed by atoms with van der Waals surface area (Å²) >= 11 is -1.20. The van der Waals surface area contributed by atoms with Crippen molar-refractivity contribution in [3.63, 3.8) is 0 Å². The molecule has 0 aliphatic heterocycles. The summed E-state index contributed by atoms with van der Waals surface area (Å²) < 4.78 is 5.81. The van der Waals surface area contributed by atoms with Crippen LogP contribution in [0.3, 0.4) is 0 Å². The molecule has 0 bridgehead atoms. The van der Waals surface area contributed by atoms with Gasteiger partial charge in [-0.25, -0.2) is 0 Å². The number of nitrogens with zero attached hydrogens (tertiary/aromatic N) is 2. The van der Waals surface area contributed by atoms with Crippen molar-refractivity contribution in [2.45, 2.75) is 105 Å². The molecule has 0 aromatic carbocycles. The van der Waals surface area contributed by atoms with Crippen LogP contribution in [0.1, 0.15) is 68.2 Å². The topological polar surface area (TPSA) is 6.48 Å². The predicted molar refractivity (Wildman–Crippen MR) is 104 cm³/mol. The first-order valence-electron chi connectivity index (χ1n) is 9.68. The van der Waals surface area contributed by atoms with E-state index >= 15 is 0 Å². The zero-order valence-electron chi connectivity index (χ0n) is 17.0. The summed E-state index contributed by atoms with van der Waals surface area (Å²) in [5.41, 5.74) is 0. The van der Waals surface area contributed by atoms with Crippen molar-refractivity contribution in [1.29, 1.82) is 0 Å². The van der Waals surface area contributed by atoms with Gasteiger partial charge >= 0.3 is 150 Å². The Morgan fingerprint density at radius 3 is 1.09 bits per heavy atom. The minimum absolute atomic E-state index is 0.691. The van der Waals surface area contributed by atoms with E-state index in [1.165, 1.54) is 25.9 Å². The van der Waals surface area contributed by atoms with Gasteiger partial charge in [0.15, 0.2) is 0 Å². The fourth-order valence-corrected chi connectivity index (χ4v) is 9.46. The Morgan fingerprint density at radius 2 is 0.864 bits per heavy atom. The van der Waals surface area contributed by atoms with Crippen molar-refractivity contribution in [2.75, 3.05) is 13.1 Å². The SMILES string of the molecule is CC(C)N(CC[CH2][In]([CH3])[CH2]CCN(C(C)C)C(C)C)C(C)C. The van der Waals surface area contributed by atoms with Crippen LogP contribution in [-0.2, 0) is 0 Å². The minimum atomic E-state index is -1.20. The van der Waals surface area contributed by atoms with Gasteiger partial charge in [0.05, 0.1) is 0 Å². The Bertz CT molecular complexity index is 222. The molecule has 0 atom stereocenters. The molecule has 0 aliphatic rings. The second-order valence-corrected chi connectivity index (χ2v) is 17.8. The zero-order valence-corrected chi connectivity index (χ0v) is 20.3. The van der Waals surface area contributed by atoms with Crippen LogP contribution in [0.2, 0.25) is 13.0 Å². The third kappa shape index (κ3) is 9.82. The van der Waals surface area contributed by atoms with Crippen LogP contribution in [0.5, 0.6) is 0 Å². The molecule has 0 N–H and O–H groups in total. The summed E-state index contributed by atoms with van der Waals surface area (Å²) in [5, 5.41) is 0. The van der Waals surface area contributed by atoms with E-state index in [1.807, 2.05) is 0 Å². The molecule has 0 heterocycles. The normalized spacial score (nSPS) is 12.7. The molecule has 0 fully saturated rings. The molecule has 0 saturated heterocycles. The fourth-order valence-electron chi connectivity index (χ4n) is 3.61. The molecule has 22 heavy (non-hydrogen) atoms. The second kappa shape index (κ2) is 12.2. The second-order valence-electron chi connectivity index (χ2n) is 8.24. The molecule has 0 saturated carbocycles. The first kappa shape index (κ1) is 22.8. The summed E-state index contributed by atoms with van der Waals surface area (Å²) in [7, 11) is 0. The van der Waals surface area contributed by atoms with Crippen molar-refractivity contribution in [3.05, 3.63) is 0 Å². The predicted octanol–water partition coefficient (Wildman–Crippen LogP) is 5.13. The monoisotopic (exact) mass is 414 g/mol. The number of rotatable bonds is 12. The Hall–Kier alpha value is 0.790. The van der Waals surface area contributed by atoms with Gasteiger partial charge in [0.25, 0.3) is 0 Å². The third-order valence-electron chi connectivity index (χ3n) is 4.88. The maximum absolute atomic E-state index is 2.65. The Labute approximate surface area is 149 Å². The molecule has 132 valence electrons. The van der Waals surface area contributed by atoms with Gasteiger partial charge in [0.2, 0.25) is 0 Å². The molecule has 0 rings (SSSR count). The summed E-state index contributed by atoms with van der Waals surface area (Å²) in [6.07, 6.45) is 2.87. The summed E-state index contributed by atoms with van der Waals surface area (Å²) in [4.78, 5) is 5.30. The standard InChI is InChI=1S/2C9H20N.CH3.In/c2*1-6-7-10(8(2)3)9(4)5;;/h2*8-9H,1,6-7H2,2-5H3;1H3;. The Kier molecular flexibility index (Phi) is 12.6. The van der Waals surface area contributed by atoms with E-state index in [9.17, 15) is 0 Å². The van der Waals surface area contributed by atoms with Crippen molar-refractivity contribution >= 4 is 21.4 Å². The Balaban J connectivity index is 3.93. The molecule has 0 aliphatic carbocycles. The first-order valence-corrected chi connectivity index (χ1v) is 17.6. The van der Waals surface area contributed by atoms with Crippen molar-refractivity contribution in [1.82, 2.24) is 9.80 Å². The molecule has 2 nitrogen and oxygen atoms in total. The molecule has 0 radical (unpaired) electrons. The molecule has 0 aromatic heterocycles. The number of hydrogen-bond donors (Lipinski definition) is 0. The molecular formula is C19H43InN2. The first-order chi connectivity index (χ1) is 10.2. The van der Waals surface area contributed by atoms with Gasteiger partial charge in [-0.05, 0) is 0 Å². The van der Waals surface area contributed by atoms with Crippen LogP contribution in [0, 0.1) is 0 Å². The van der Waals surface area contributed by atoms with Gasteiger partial charge in [0.1, 0.15) is 0 Å². The fraction of sp³-hybridized carbons (Fsp3) is 1.00. The van der Waals surface area contributed by atoms with Crippen LogP contribution in [0.15, 0.2) is 0 Å². The summed E-state index contributed by atoms with van der Waals surface area (Å²) in [5.74, 6) is 0. The van der Waals surface area contributed by atoms with Crippen LogP contribution in [0.4, 0.5) is 0 Å². The van der Waals surface area contributed by atoms with Crippen LogP contribution in [-0.4, -0.2) is 68.5 Å². The van der Waals surface area contributed by atoms with Gasteiger partial charge in [0, 0.05) is 0 Å². The third-order valence-corrected chi connectivity index (χ3v) is 12.8. The molecule has 0 aromatic rings. The quantitative estimate of drug-likeness (QED) is 0.437. The van der Waals surface area contributed by atoms with Crippen LogP contribution < -0.4 is 0 Å². The van der Waals surface area contributed by atoms with E-state index in [0.29, 0.717) is 24.2 Å². The van der Waals surface area contributed by atoms with E-state index < -0.39 is 21.4 Å². The van der Waals surface area contributed by atoms with E-state index in [1.54, 1.807) is 8.35 Å². The zero-order chi connectivity index (χ0) is 17.3. The van der Waals surface area contributed by atoms with Gasteiger partial charge in [-0.1, -0.05) is 0 Å². The molecule has 0 amide bonds. The molecule has 3 heteroatoms. The molecule has 0 spiro atoms. The van der Waals surface area contributed by atoms with Gasteiger partial charge in [-0.15, -0.1) is 0 Å². The molecule has 0 unspecified atom stereocenters. The van der Waals surface area contributed by atoms with Gasteiger partial charge < -0.3 is 0 Å². The van der Waals surface area contributed by atoms with Crippen molar-refractivity contribution < 1.29 is 0 Å². The van der Waals surface area contributed by atoms with E-state index in [4.69, 9.17) is 0 Å². The van der Waals surface area contributed by atoms with Crippen molar-refractivity contribution in [2.24, 2.45) is 0 Å². The van der Waals surface area contributed by atoms with Gasteiger partial charge in [-0.3, -0.25) is 0 Å². The maximum atomic E-state index is 2.65.